The van der Waals surface area contributed by atoms with Crippen molar-refractivity contribution in [3.63, 3.8) is 0 Å². The zero-order valence-electron chi connectivity index (χ0n) is 22.0. The molecule has 8 heteroatoms. The molecule has 1 heterocycles. The third-order valence-electron chi connectivity index (χ3n) is 6.40. The van der Waals surface area contributed by atoms with Crippen molar-refractivity contribution in [2.75, 3.05) is 39.4 Å². The maximum atomic E-state index is 13.8. The van der Waals surface area contributed by atoms with E-state index in [1.54, 1.807) is 26.2 Å². The Morgan fingerprint density at radius 2 is 1.49 bits per heavy atom. The van der Waals surface area contributed by atoms with Gasteiger partial charge < -0.3 is 28.6 Å². The van der Waals surface area contributed by atoms with E-state index in [4.69, 9.17) is 35.3 Å². The number of benzene rings is 3. The number of aryl methyl sites for hydroxylation is 1. The highest BCUT2D eigenvalue weighted by Crippen LogP contribution is 2.47. The molecule has 196 valence electrons. The first kappa shape index (κ1) is 26.5. The molecule has 7 nitrogen and oxygen atoms in total. The number of rotatable bonds is 9. The number of nitrogens with zero attached hydrogens (tertiary/aromatic N) is 1. The van der Waals surface area contributed by atoms with Crippen molar-refractivity contribution in [2.45, 2.75) is 33.2 Å². The van der Waals surface area contributed by atoms with Crippen LogP contribution in [-0.2, 0) is 11.2 Å². The molecule has 0 bridgehead atoms. The average Bonchev–Trinajstić information content (AvgIpc) is 2.89. The Morgan fingerprint density at radius 3 is 2.03 bits per heavy atom. The Hall–Kier alpha value is -3.58. The summed E-state index contributed by atoms with van der Waals surface area (Å²) < 4.78 is 28.6. The van der Waals surface area contributed by atoms with Crippen LogP contribution < -0.4 is 28.6 Å². The molecule has 1 amide bonds. The van der Waals surface area contributed by atoms with E-state index in [1.807, 2.05) is 63.2 Å². The molecule has 0 radical (unpaired) electrons. The van der Waals surface area contributed by atoms with E-state index >= 15 is 0 Å². The minimum absolute atomic E-state index is 0.0715. The normalized spacial score (nSPS) is 14.7. The number of fused-ring (bicyclic) bond motifs is 1. The molecule has 0 aliphatic carbocycles. The zero-order valence-corrected chi connectivity index (χ0v) is 22.8. The third-order valence-corrected chi connectivity index (χ3v) is 6.81. The molecule has 3 aromatic rings. The first-order valence-electron chi connectivity index (χ1n) is 12.2. The lowest BCUT2D eigenvalue weighted by Gasteiger charge is -2.38. The molecule has 0 aromatic heterocycles. The van der Waals surface area contributed by atoms with Gasteiger partial charge in [0.2, 0.25) is 11.7 Å². The van der Waals surface area contributed by atoms with Gasteiger partial charge in [-0.05, 0) is 79.4 Å². The monoisotopic (exact) mass is 525 g/mol. The first-order chi connectivity index (χ1) is 17.9. The zero-order chi connectivity index (χ0) is 26.7. The second-order valence-electron chi connectivity index (χ2n) is 8.60. The summed E-state index contributed by atoms with van der Waals surface area (Å²) in [6.45, 7) is 6.73. The molecule has 0 unspecified atom stereocenters. The van der Waals surface area contributed by atoms with Crippen molar-refractivity contribution >= 4 is 23.2 Å². The first-order valence-corrected chi connectivity index (χ1v) is 12.5. The lowest BCUT2D eigenvalue weighted by molar-refractivity contribution is -0.118. The van der Waals surface area contributed by atoms with Gasteiger partial charge in [0.15, 0.2) is 23.0 Å². The van der Waals surface area contributed by atoms with Gasteiger partial charge >= 0.3 is 0 Å². The minimum atomic E-state index is -0.515. The van der Waals surface area contributed by atoms with Gasteiger partial charge in [-0.1, -0.05) is 17.7 Å². The average molecular weight is 526 g/mol. The van der Waals surface area contributed by atoms with Gasteiger partial charge in [-0.15, -0.1) is 0 Å². The topological polar surface area (TPSA) is 66.5 Å². The molecule has 0 spiro atoms. The number of hydrogen-bond acceptors (Lipinski definition) is 6. The van der Waals surface area contributed by atoms with Gasteiger partial charge in [0.1, 0.15) is 0 Å². The van der Waals surface area contributed by atoms with E-state index < -0.39 is 6.04 Å². The molecule has 1 aliphatic heterocycles. The van der Waals surface area contributed by atoms with Gasteiger partial charge in [0.05, 0.1) is 47.0 Å². The lowest BCUT2D eigenvalue weighted by atomic mass is 9.86. The van der Waals surface area contributed by atoms with E-state index in [0.717, 1.165) is 22.3 Å². The maximum Gasteiger partial charge on any atom is 0.232 e. The summed E-state index contributed by atoms with van der Waals surface area (Å²) in [5.41, 5.74) is 4.19. The van der Waals surface area contributed by atoms with Crippen LogP contribution in [0.5, 0.6) is 28.7 Å². The van der Waals surface area contributed by atoms with E-state index in [9.17, 15) is 4.79 Å². The Labute approximate surface area is 222 Å². The van der Waals surface area contributed by atoms with Gasteiger partial charge in [0.25, 0.3) is 0 Å². The largest absolute Gasteiger partial charge is 0.493 e. The van der Waals surface area contributed by atoms with Gasteiger partial charge in [-0.25, -0.2) is 0 Å². The number of hydrogen-bond donors (Lipinski definition) is 0. The smallest absolute Gasteiger partial charge is 0.232 e. The third kappa shape index (κ3) is 5.01. The maximum absolute atomic E-state index is 13.8. The number of amides is 1. The van der Waals surface area contributed by atoms with Crippen LogP contribution in [0.1, 0.15) is 42.1 Å². The van der Waals surface area contributed by atoms with Crippen molar-refractivity contribution in [2.24, 2.45) is 0 Å². The molecule has 1 atom stereocenters. The summed E-state index contributed by atoms with van der Waals surface area (Å²) in [4.78, 5) is 15.5. The van der Waals surface area contributed by atoms with Gasteiger partial charge in [0, 0.05) is 10.7 Å². The van der Waals surface area contributed by atoms with Crippen LogP contribution in [0.2, 0.25) is 5.02 Å². The second kappa shape index (κ2) is 11.2. The van der Waals surface area contributed by atoms with Crippen LogP contribution in [-0.4, -0.2) is 40.5 Å². The molecule has 0 fully saturated rings. The predicted octanol–water partition coefficient (Wildman–Crippen LogP) is 6.15. The van der Waals surface area contributed by atoms with Gasteiger partial charge in [-0.3, -0.25) is 4.79 Å². The molecule has 3 aromatic carbocycles. The lowest BCUT2D eigenvalue weighted by Crippen LogP contribution is -2.41. The van der Waals surface area contributed by atoms with E-state index in [-0.39, 0.29) is 12.3 Å². The van der Waals surface area contributed by atoms with Crippen LogP contribution in [0.3, 0.4) is 0 Å². The predicted molar refractivity (Wildman–Crippen MR) is 144 cm³/mol. The number of carbonyl (C=O) groups is 1. The van der Waals surface area contributed by atoms with Crippen molar-refractivity contribution in [3.8, 4) is 28.7 Å². The molecule has 0 N–H and O–H groups in total. The SMILES string of the molecule is CCOc1cc2c(cc1OCC)[C@H](c1cc(OC)c(OC)c(OC)c1)N(c1ccc(C)c(Cl)c1)C(=O)C2. The molecule has 37 heavy (non-hydrogen) atoms. The van der Waals surface area contributed by atoms with E-state index in [2.05, 4.69) is 0 Å². The highest BCUT2D eigenvalue weighted by Gasteiger charge is 2.37. The summed E-state index contributed by atoms with van der Waals surface area (Å²) in [5, 5.41) is 0.585. The standard InChI is InChI=1S/C29H32ClNO6/c1-7-36-23-11-18-14-27(32)31(20-10-9-17(3)22(30)15-20)28(21(18)16-24(23)37-8-2)19-12-25(33-4)29(35-6)26(13-19)34-5/h9-13,15-16,28H,7-8,14H2,1-6H3/t28-/m0/s1. The van der Waals surface area contributed by atoms with Crippen molar-refractivity contribution < 1.29 is 28.5 Å². The Morgan fingerprint density at radius 1 is 0.865 bits per heavy atom. The fraction of sp³-hybridized carbons (Fsp3) is 0.345. The fourth-order valence-corrected chi connectivity index (χ4v) is 4.88. The van der Waals surface area contributed by atoms with E-state index in [0.29, 0.717) is 52.7 Å². The summed E-state index contributed by atoms with van der Waals surface area (Å²) in [6, 6.07) is 12.7. The summed E-state index contributed by atoms with van der Waals surface area (Å²) in [6.07, 6.45) is 0.203. The summed E-state index contributed by atoms with van der Waals surface area (Å²) >= 11 is 6.50. The van der Waals surface area contributed by atoms with Crippen molar-refractivity contribution in [3.05, 3.63) is 69.7 Å². The molecule has 0 saturated carbocycles. The highest BCUT2D eigenvalue weighted by atomic mass is 35.5. The van der Waals surface area contributed by atoms with Crippen LogP contribution in [0, 0.1) is 6.92 Å². The number of carbonyl (C=O) groups excluding carboxylic acids is 1. The minimum Gasteiger partial charge on any atom is -0.493 e. The van der Waals surface area contributed by atoms with Crippen LogP contribution in [0.25, 0.3) is 0 Å². The Kier molecular flexibility index (Phi) is 8.03. The quantitative estimate of drug-likeness (QED) is 0.334. The van der Waals surface area contributed by atoms with Crippen LogP contribution in [0.15, 0.2) is 42.5 Å². The number of anilines is 1. The summed E-state index contributed by atoms with van der Waals surface area (Å²) in [5.74, 6) is 2.63. The highest BCUT2D eigenvalue weighted by molar-refractivity contribution is 6.31. The Bertz CT molecular complexity index is 1280. The summed E-state index contributed by atoms with van der Waals surface area (Å²) in [7, 11) is 4.70. The molecule has 0 saturated heterocycles. The molecular weight excluding hydrogens is 494 g/mol. The number of methoxy groups -OCH3 is 3. The van der Waals surface area contributed by atoms with Crippen molar-refractivity contribution in [1.29, 1.82) is 0 Å². The van der Waals surface area contributed by atoms with Crippen LogP contribution in [0.4, 0.5) is 5.69 Å². The van der Waals surface area contributed by atoms with Crippen molar-refractivity contribution in [1.82, 2.24) is 0 Å². The van der Waals surface area contributed by atoms with E-state index in [1.165, 1.54) is 0 Å². The molecule has 1 aliphatic rings. The second-order valence-corrected chi connectivity index (χ2v) is 9.01. The number of ether oxygens (including phenoxy) is 5. The Balaban J connectivity index is 2.01. The fourth-order valence-electron chi connectivity index (χ4n) is 4.71. The number of halogens is 1. The van der Waals surface area contributed by atoms with Gasteiger partial charge in [-0.2, -0.15) is 0 Å². The molecule has 4 rings (SSSR count). The van der Waals surface area contributed by atoms with Crippen LogP contribution >= 0.6 is 11.6 Å². The molecular formula is C29H32ClNO6.